The Labute approximate surface area is 113 Å². The molecule has 0 aromatic heterocycles. The van der Waals surface area contributed by atoms with Crippen LogP contribution in [0.4, 0.5) is 0 Å². The number of halogens is 1. The lowest BCUT2D eigenvalue weighted by atomic mass is 10.2. The van der Waals surface area contributed by atoms with E-state index in [4.69, 9.17) is 21.4 Å². The molecular weight excluding hydrogens is 272 g/mol. The van der Waals surface area contributed by atoms with Crippen molar-refractivity contribution in [2.45, 2.75) is 0 Å². The summed E-state index contributed by atoms with van der Waals surface area (Å²) in [6.07, 6.45) is 0. The maximum absolute atomic E-state index is 11.8. The molecule has 0 amide bonds. The summed E-state index contributed by atoms with van der Waals surface area (Å²) < 4.78 is 5.00. The number of ether oxygens (including phenoxy) is 1. The first-order chi connectivity index (χ1) is 8.97. The van der Waals surface area contributed by atoms with Crippen LogP contribution in [0.1, 0.15) is 10.4 Å². The Balaban J connectivity index is 2.23. The number of phenols is 3. The minimum absolute atomic E-state index is 0.0947. The maximum atomic E-state index is 11.8. The molecule has 0 aliphatic carbocycles. The third kappa shape index (κ3) is 2.89. The highest BCUT2D eigenvalue weighted by Crippen LogP contribution is 2.35. The lowest BCUT2D eigenvalue weighted by Gasteiger charge is -2.06. The highest BCUT2D eigenvalue weighted by Gasteiger charge is 2.15. The summed E-state index contributed by atoms with van der Waals surface area (Å²) >= 11 is 5.69. The quantitative estimate of drug-likeness (QED) is 0.447. The number of carbonyl (C=O) groups is 1. The van der Waals surface area contributed by atoms with Gasteiger partial charge in [0.15, 0.2) is 17.2 Å². The molecule has 0 aliphatic heterocycles. The standard InChI is InChI=1S/C13H9ClO5/c14-8-1-3-9(4-2-8)19-13(18)7-5-10(15)12(17)11(16)6-7/h1-6,15-17H. The lowest BCUT2D eigenvalue weighted by molar-refractivity contribution is 0.0734. The van der Waals surface area contributed by atoms with Crippen molar-refractivity contribution < 1.29 is 24.9 Å². The van der Waals surface area contributed by atoms with Crippen LogP contribution in [0, 0.1) is 0 Å². The van der Waals surface area contributed by atoms with E-state index < -0.39 is 23.2 Å². The Morgan fingerprint density at radius 3 is 2.05 bits per heavy atom. The Hall–Kier alpha value is -2.40. The van der Waals surface area contributed by atoms with E-state index in [0.717, 1.165) is 12.1 Å². The highest BCUT2D eigenvalue weighted by atomic mass is 35.5. The van der Waals surface area contributed by atoms with Crippen LogP contribution >= 0.6 is 11.6 Å². The van der Waals surface area contributed by atoms with Crippen LogP contribution in [0.5, 0.6) is 23.0 Å². The van der Waals surface area contributed by atoms with E-state index in [2.05, 4.69) is 0 Å². The van der Waals surface area contributed by atoms with Gasteiger partial charge in [-0.15, -0.1) is 0 Å². The van der Waals surface area contributed by atoms with Crippen molar-refractivity contribution in [1.82, 2.24) is 0 Å². The average Bonchev–Trinajstić information content (AvgIpc) is 2.38. The van der Waals surface area contributed by atoms with Gasteiger partial charge in [0.2, 0.25) is 0 Å². The van der Waals surface area contributed by atoms with Gasteiger partial charge in [0.05, 0.1) is 5.56 Å². The third-order valence-corrected chi connectivity index (χ3v) is 2.58. The van der Waals surface area contributed by atoms with Gasteiger partial charge in [-0.1, -0.05) is 11.6 Å². The van der Waals surface area contributed by atoms with Crippen molar-refractivity contribution in [3.63, 3.8) is 0 Å². The van der Waals surface area contributed by atoms with Crippen molar-refractivity contribution in [3.05, 3.63) is 47.0 Å². The summed E-state index contributed by atoms with van der Waals surface area (Å²) in [6.45, 7) is 0. The number of hydrogen-bond donors (Lipinski definition) is 3. The zero-order valence-electron chi connectivity index (χ0n) is 9.50. The van der Waals surface area contributed by atoms with E-state index >= 15 is 0 Å². The summed E-state index contributed by atoms with van der Waals surface area (Å²) in [5.74, 6) is -2.43. The molecule has 6 heteroatoms. The van der Waals surface area contributed by atoms with E-state index in [9.17, 15) is 15.0 Å². The van der Waals surface area contributed by atoms with Gasteiger partial charge in [-0.05, 0) is 36.4 Å². The van der Waals surface area contributed by atoms with E-state index in [1.807, 2.05) is 0 Å². The largest absolute Gasteiger partial charge is 0.504 e. The third-order valence-electron chi connectivity index (χ3n) is 2.33. The normalized spacial score (nSPS) is 10.2. The minimum atomic E-state index is -0.784. The minimum Gasteiger partial charge on any atom is -0.504 e. The molecule has 5 nitrogen and oxygen atoms in total. The molecule has 2 aromatic carbocycles. The molecule has 0 aliphatic rings. The molecule has 0 unspecified atom stereocenters. The smallest absolute Gasteiger partial charge is 0.343 e. The summed E-state index contributed by atoms with van der Waals surface area (Å²) in [5.41, 5.74) is -0.0947. The van der Waals surface area contributed by atoms with Gasteiger partial charge in [-0.2, -0.15) is 0 Å². The lowest BCUT2D eigenvalue weighted by Crippen LogP contribution is -2.08. The van der Waals surface area contributed by atoms with Crippen molar-refractivity contribution in [2.75, 3.05) is 0 Å². The molecule has 0 atom stereocenters. The van der Waals surface area contributed by atoms with Gasteiger partial charge >= 0.3 is 5.97 Å². The molecule has 0 saturated carbocycles. The van der Waals surface area contributed by atoms with Crippen LogP contribution in [0.25, 0.3) is 0 Å². The zero-order chi connectivity index (χ0) is 14.0. The van der Waals surface area contributed by atoms with Gasteiger partial charge in [-0.3, -0.25) is 0 Å². The van der Waals surface area contributed by atoms with Crippen LogP contribution in [-0.2, 0) is 0 Å². The number of carbonyl (C=O) groups excluding carboxylic acids is 1. The summed E-state index contributed by atoms with van der Waals surface area (Å²) in [4.78, 5) is 11.8. The fourth-order valence-electron chi connectivity index (χ4n) is 1.39. The Kier molecular flexibility index (Phi) is 3.48. The molecule has 0 heterocycles. The van der Waals surface area contributed by atoms with Gasteiger partial charge in [0.1, 0.15) is 5.75 Å². The molecule has 19 heavy (non-hydrogen) atoms. The molecule has 0 radical (unpaired) electrons. The van der Waals surface area contributed by atoms with Gasteiger partial charge in [0.25, 0.3) is 0 Å². The number of esters is 1. The zero-order valence-corrected chi connectivity index (χ0v) is 10.3. The molecule has 98 valence electrons. The van der Waals surface area contributed by atoms with Crippen LogP contribution < -0.4 is 4.74 Å². The summed E-state index contributed by atoms with van der Waals surface area (Å²) in [7, 11) is 0. The van der Waals surface area contributed by atoms with Crippen molar-refractivity contribution in [2.24, 2.45) is 0 Å². The van der Waals surface area contributed by atoms with Gasteiger partial charge in [-0.25, -0.2) is 4.79 Å². The Bertz CT molecular complexity index is 598. The Morgan fingerprint density at radius 1 is 1.00 bits per heavy atom. The van der Waals surface area contributed by atoms with Crippen LogP contribution in [-0.4, -0.2) is 21.3 Å². The van der Waals surface area contributed by atoms with Crippen molar-refractivity contribution >= 4 is 17.6 Å². The highest BCUT2D eigenvalue weighted by molar-refractivity contribution is 6.30. The molecule has 0 saturated heterocycles. The molecular formula is C13H9ClO5. The predicted octanol–water partition coefficient (Wildman–Crippen LogP) is 2.68. The van der Waals surface area contributed by atoms with E-state index in [1.54, 1.807) is 12.1 Å². The van der Waals surface area contributed by atoms with E-state index in [-0.39, 0.29) is 11.3 Å². The topological polar surface area (TPSA) is 87.0 Å². The first-order valence-electron chi connectivity index (χ1n) is 5.20. The molecule has 0 spiro atoms. The number of phenolic OH excluding ortho intramolecular Hbond substituents is 3. The number of aromatic hydroxyl groups is 3. The first-order valence-corrected chi connectivity index (χ1v) is 5.58. The SMILES string of the molecule is O=C(Oc1ccc(Cl)cc1)c1cc(O)c(O)c(O)c1. The molecule has 0 bridgehead atoms. The first kappa shape index (κ1) is 13.0. The van der Waals surface area contributed by atoms with Crippen molar-refractivity contribution in [1.29, 1.82) is 0 Å². The second-order valence-corrected chi connectivity index (χ2v) is 4.14. The van der Waals surface area contributed by atoms with Gasteiger partial charge in [0, 0.05) is 5.02 Å². The van der Waals surface area contributed by atoms with Gasteiger partial charge < -0.3 is 20.1 Å². The molecule has 0 fully saturated rings. The maximum Gasteiger partial charge on any atom is 0.343 e. The number of hydrogen-bond acceptors (Lipinski definition) is 5. The predicted molar refractivity (Wildman–Crippen MR) is 67.8 cm³/mol. The van der Waals surface area contributed by atoms with E-state index in [1.165, 1.54) is 12.1 Å². The van der Waals surface area contributed by atoms with Crippen LogP contribution in [0.2, 0.25) is 5.02 Å². The van der Waals surface area contributed by atoms with Crippen molar-refractivity contribution in [3.8, 4) is 23.0 Å². The fourth-order valence-corrected chi connectivity index (χ4v) is 1.52. The average molecular weight is 281 g/mol. The monoisotopic (exact) mass is 280 g/mol. The molecule has 3 N–H and O–H groups in total. The Morgan fingerprint density at radius 2 is 1.53 bits per heavy atom. The second-order valence-electron chi connectivity index (χ2n) is 3.71. The summed E-state index contributed by atoms with van der Waals surface area (Å²) in [6, 6.07) is 8.09. The van der Waals surface area contributed by atoms with Crippen LogP contribution in [0.15, 0.2) is 36.4 Å². The molecule has 2 rings (SSSR count). The number of benzene rings is 2. The van der Waals surface area contributed by atoms with E-state index in [0.29, 0.717) is 5.02 Å². The molecule has 2 aromatic rings. The number of rotatable bonds is 2. The second kappa shape index (κ2) is 5.07. The fraction of sp³-hybridized carbons (Fsp3) is 0. The van der Waals surface area contributed by atoms with Crippen LogP contribution in [0.3, 0.4) is 0 Å². The summed E-state index contributed by atoms with van der Waals surface area (Å²) in [5, 5.41) is 28.3.